The van der Waals surface area contributed by atoms with Crippen LogP contribution < -0.4 is 15.0 Å². The molecule has 0 spiro atoms. The molecule has 0 radical (unpaired) electrons. The van der Waals surface area contributed by atoms with Crippen LogP contribution in [0.15, 0.2) is 47.4 Å². The summed E-state index contributed by atoms with van der Waals surface area (Å²) in [4.78, 5) is 18.1. The van der Waals surface area contributed by atoms with Gasteiger partial charge in [0.25, 0.3) is 0 Å². The van der Waals surface area contributed by atoms with Crippen molar-refractivity contribution in [1.82, 2.24) is 4.90 Å². The monoisotopic (exact) mass is 385 g/mol. The zero-order valence-electron chi connectivity index (χ0n) is 16.2. The summed E-state index contributed by atoms with van der Waals surface area (Å²) in [5.41, 5.74) is 3.20. The summed E-state index contributed by atoms with van der Waals surface area (Å²) >= 11 is 1.52. The maximum absolute atomic E-state index is 12.3. The quantitative estimate of drug-likeness (QED) is 0.771. The number of piperazine rings is 1. The lowest BCUT2D eigenvalue weighted by Crippen LogP contribution is -2.44. The van der Waals surface area contributed by atoms with Gasteiger partial charge in [-0.05, 0) is 62.0 Å². The molecule has 5 nitrogen and oxygen atoms in total. The number of carbonyl (C=O) groups excluding carboxylic acids is 1. The standard InChI is InChI=1S/C21H27N3O2S/c1-16-14-17(24-12-10-23(2)11-13-24)4-9-20(16)22-21(25)15-27-19-7-5-18(26-3)6-8-19/h4-9,14H,10-13,15H2,1-3H3,(H,22,25). The van der Waals surface area contributed by atoms with E-state index in [0.29, 0.717) is 5.75 Å². The molecule has 2 aromatic carbocycles. The number of nitrogens with one attached hydrogen (secondary N) is 1. The summed E-state index contributed by atoms with van der Waals surface area (Å²) in [6.45, 7) is 6.30. The fraction of sp³-hybridized carbons (Fsp3) is 0.381. The van der Waals surface area contributed by atoms with E-state index in [1.165, 1.54) is 17.4 Å². The summed E-state index contributed by atoms with van der Waals surface area (Å²) in [5.74, 6) is 1.21. The first-order valence-corrected chi connectivity index (χ1v) is 10.1. The number of anilines is 2. The van der Waals surface area contributed by atoms with E-state index in [0.717, 1.165) is 48.1 Å². The van der Waals surface area contributed by atoms with Gasteiger partial charge in [-0.25, -0.2) is 0 Å². The molecule has 27 heavy (non-hydrogen) atoms. The zero-order valence-corrected chi connectivity index (χ0v) is 17.0. The Hall–Kier alpha value is -2.18. The Morgan fingerprint density at radius 2 is 1.81 bits per heavy atom. The van der Waals surface area contributed by atoms with Crippen LogP contribution in [0.2, 0.25) is 0 Å². The number of aryl methyl sites for hydroxylation is 1. The van der Waals surface area contributed by atoms with Gasteiger partial charge >= 0.3 is 0 Å². The average Bonchev–Trinajstić information content (AvgIpc) is 2.69. The van der Waals surface area contributed by atoms with E-state index in [-0.39, 0.29) is 5.91 Å². The molecule has 1 fully saturated rings. The number of nitrogens with zero attached hydrogens (tertiary/aromatic N) is 2. The van der Waals surface area contributed by atoms with Crippen LogP contribution in [0.3, 0.4) is 0 Å². The van der Waals surface area contributed by atoms with Crippen LogP contribution in [0.25, 0.3) is 0 Å². The molecule has 0 aromatic heterocycles. The third kappa shape index (κ3) is 5.40. The normalized spacial score (nSPS) is 14.9. The predicted octanol–water partition coefficient (Wildman–Crippen LogP) is 3.49. The van der Waals surface area contributed by atoms with Crippen LogP contribution in [0, 0.1) is 6.92 Å². The molecular formula is C21H27N3O2S. The molecule has 1 saturated heterocycles. The molecule has 1 aliphatic heterocycles. The third-order valence-corrected chi connectivity index (χ3v) is 5.79. The maximum atomic E-state index is 12.3. The Kier molecular flexibility index (Phi) is 6.63. The van der Waals surface area contributed by atoms with Gasteiger partial charge in [0.05, 0.1) is 12.9 Å². The lowest BCUT2D eigenvalue weighted by atomic mass is 10.1. The van der Waals surface area contributed by atoms with Crippen LogP contribution in [0.1, 0.15) is 5.56 Å². The molecule has 1 aliphatic rings. The lowest BCUT2D eigenvalue weighted by Gasteiger charge is -2.34. The first-order chi connectivity index (χ1) is 13.0. The first kappa shape index (κ1) is 19.6. The molecule has 1 amide bonds. The van der Waals surface area contributed by atoms with Crippen LogP contribution in [0.4, 0.5) is 11.4 Å². The van der Waals surface area contributed by atoms with Gasteiger partial charge in [0.1, 0.15) is 5.75 Å². The van der Waals surface area contributed by atoms with E-state index >= 15 is 0 Å². The smallest absolute Gasteiger partial charge is 0.234 e. The van der Waals surface area contributed by atoms with Crippen molar-refractivity contribution in [2.24, 2.45) is 0 Å². The Balaban J connectivity index is 1.54. The first-order valence-electron chi connectivity index (χ1n) is 9.16. The molecule has 0 bridgehead atoms. The topological polar surface area (TPSA) is 44.8 Å². The zero-order chi connectivity index (χ0) is 19.2. The van der Waals surface area contributed by atoms with Gasteiger partial charge in [-0.2, -0.15) is 0 Å². The van der Waals surface area contributed by atoms with E-state index in [9.17, 15) is 4.79 Å². The van der Waals surface area contributed by atoms with E-state index in [1.807, 2.05) is 37.3 Å². The lowest BCUT2D eigenvalue weighted by molar-refractivity contribution is -0.113. The Labute approximate surface area is 165 Å². The van der Waals surface area contributed by atoms with Gasteiger partial charge < -0.3 is 19.9 Å². The van der Waals surface area contributed by atoms with Crippen LogP contribution in [-0.4, -0.2) is 56.9 Å². The summed E-state index contributed by atoms with van der Waals surface area (Å²) in [6, 6.07) is 14.0. The number of rotatable bonds is 6. The number of carbonyl (C=O) groups is 1. The summed E-state index contributed by atoms with van der Waals surface area (Å²) in [5, 5.41) is 3.03. The molecule has 3 rings (SSSR count). The third-order valence-electron chi connectivity index (χ3n) is 4.78. The van der Waals surface area contributed by atoms with Crippen LogP contribution >= 0.6 is 11.8 Å². The number of benzene rings is 2. The highest BCUT2D eigenvalue weighted by Gasteiger charge is 2.15. The Bertz CT molecular complexity index is 771. The van der Waals surface area contributed by atoms with Gasteiger partial charge in [0.15, 0.2) is 0 Å². The molecule has 144 valence electrons. The van der Waals surface area contributed by atoms with E-state index < -0.39 is 0 Å². The van der Waals surface area contributed by atoms with E-state index in [4.69, 9.17) is 4.74 Å². The number of thioether (sulfide) groups is 1. The highest BCUT2D eigenvalue weighted by Crippen LogP contribution is 2.25. The fourth-order valence-electron chi connectivity index (χ4n) is 3.06. The number of methoxy groups -OCH3 is 1. The summed E-state index contributed by atoms with van der Waals surface area (Å²) in [7, 11) is 3.80. The van der Waals surface area contributed by atoms with Crippen molar-refractivity contribution in [2.75, 3.05) is 56.3 Å². The number of hydrogen-bond acceptors (Lipinski definition) is 5. The van der Waals surface area contributed by atoms with Crippen molar-refractivity contribution in [2.45, 2.75) is 11.8 Å². The molecule has 0 saturated carbocycles. The van der Waals surface area contributed by atoms with E-state index in [1.54, 1.807) is 7.11 Å². The molecule has 2 aromatic rings. The fourth-order valence-corrected chi connectivity index (χ4v) is 3.76. The molecule has 1 heterocycles. The molecular weight excluding hydrogens is 358 g/mol. The number of likely N-dealkylation sites (N-methyl/N-ethyl adjacent to an activating group) is 1. The van der Waals surface area contributed by atoms with Gasteiger partial charge in [0, 0.05) is 42.4 Å². The van der Waals surface area contributed by atoms with Crippen molar-refractivity contribution in [3.05, 3.63) is 48.0 Å². The van der Waals surface area contributed by atoms with Crippen molar-refractivity contribution in [1.29, 1.82) is 0 Å². The second kappa shape index (κ2) is 9.15. The van der Waals surface area contributed by atoms with Gasteiger partial charge in [0.2, 0.25) is 5.91 Å². The number of ether oxygens (including phenoxy) is 1. The van der Waals surface area contributed by atoms with Crippen LogP contribution in [-0.2, 0) is 4.79 Å². The molecule has 0 unspecified atom stereocenters. The molecule has 0 aliphatic carbocycles. The minimum atomic E-state index is 0.00580. The average molecular weight is 386 g/mol. The van der Waals surface area contributed by atoms with Crippen molar-refractivity contribution in [3.8, 4) is 5.75 Å². The van der Waals surface area contributed by atoms with Crippen LogP contribution in [0.5, 0.6) is 5.75 Å². The van der Waals surface area contributed by atoms with Crippen molar-refractivity contribution >= 4 is 29.0 Å². The molecule has 1 N–H and O–H groups in total. The minimum absolute atomic E-state index is 0.00580. The predicted molar refractivity (Wildman–Crippen MR) is 113 cm³/mol. The molecule has 6 heteroatoms. The summed E-state index contributed by atoms with van der Waals surface area (Å²) in [6.07, 6.45) is 0. The maximum Gasteiger partial charge on any atom is 0.234 e. The Morgan fingerprint density at radius 3 is 2.44 bits per heavy atom. The summed E-state index contributed by atoms with van der Waals surface area (Å²) < 4.78 is 5.15. The minimum Gasteiger partial charge on any atom is -0.497 e. The second-order valence-electron chi connectivity index (χ2n) is 6.80. The van der Waals surface area contributed by atoms with Gasteiger partial charge in [-0.15, -0.1) is 11.8 Å². The second-order valence-corrected chi connectivity index (χ2v) is 7.85. The highest BCUT2D eigenvalue weighted by molar-refractivity contribution is 8.00. The highest BCUT2D eigenvalue weighted by atomic mass is 32.2. The van der Waals surface area contributed by atoms with Gasteiger partial charge in [-0.1, -0.05) is 0 Å². The van der Waals surface area contributed by atoms with Crippen molar-refractivity contribution < 1.29 is 9.53 Å². The van der Waals surface area contributed by atoms with Gasteiger partial charge in [-0.3, -0.25) is 4.79 Å². The SMILES string of the molecule is COc1ccc(SCC(=O)Nc2ccc(N3CCN(C)CC3)cc2C)cc1. The van der Waals surface area contributed by atoms with Crippen molar-refractivity contribution in [3.63, 3.8) is 0 Å². The number of amides is 1. The largest absolute Gasteiger partial charge is 0.497 e. The Morgan fingerprint density at radius 1 is 1.11 bits per heavy atom. The number of hydrogen-bond donors (Lipinski definition) is 1. The van der Waals surface area contributed by atoms with E-state index in [2.05, 4.69) is 34.3 Å². The molecule has 0 atom stereocenters.